The number of carbonyl (C=O) groups excluding carboxylic acids is 1. The maximum Gasteiger partial charge on any atom is 0.416 e. The van der Waals surface area contributed by atoms with Crippen LogP contribution in [-0.2, 0) is 34.1 Å². The highest BCUT2D eigenvalue weighted by Gasteiger charge is 2.44. The van der Waals surface area contributed by atoms with Crippen molar-refractivity contribution in [3.05, 3.63) is 50.4 Å². The van der Waals surface area contributed by atoms with E-state index in [1.165, 1.54) is 4.52 Å². The molecule has 1 amide bonds. The number of hydrogen-bond acceptors (Lipinski definition) is 7. The molecule has 2 N–H and O–H groups in total. The number of anilines is 2. The van der Waals surface area contributed by atoms with Crippen molar-refractivity contribution in [3.8, 4) is 0 Å². The van der Waals surface area contributed by atoms with Crippen LogP contribution in [0.4, 0.5) is 24.8 Å². The summed E-state index contributed by atoms with van der Waals surface area (Å²) in [5.74, 6) is 0.129. The summed E-state index contributed by atoms with van der Waals surface area (Å²) < 4.78 is 47.6. The number of benzene rings is 1. The molecular formula is C25H27ClF3N7O3. The number of hydrogen-bond donors (Lipinski definition) is 2. The number of rotatable bonds is 4. The Morgan fingerprint density at radius 2 is 1.92 bits per heavy atom. The van der Waals surface area contributed by atoms with Gasteiger partial charge in [-0.15, -0.1) is 5.10 Å². The number of fused-ring (bicyclic) bond motifs is 3. The summed E-state index contributed by atoms with van der Waals surface area (Å²) >= 11 is 6.07. The highest BCUT2D eigenvalue weighted by atomic mass is 35.5. The zero-order valence-corrected chi connectivity index (χ0v) is 21.7. The van der Waals surface area contributed by atoms with E-state index in [1.54, 1.807) is 4.57 Å². The van der Waals surface area contributed by atoms with Crippen molar-refractivity contribution in [2.24, 2.45) is 0 Å². The molecule has 0 atom stereocenters. The van der Waals surface area contributed by atoms with Crippen LogP contribution < -0.4 is 21.1 Å². The fourth-order valence-corrected chi connectivity index (χ4v) is 6.19. The van der Waals surface area contributed by atoms with Crippen molar-refractivity contribution in [3.63, 3.8) is 0 Å². The van der Waals surface area contributed by atoms with Gasteiger partial charge in [0.15, 0.2) is 0 Å². The molecule has 0 saturated carbocycles. The van der Waals surface area contributed by atoms with Crippen molar-refractivity contribution < 1.29 is 22.7 Å². The lowest BCUT2D eigenvalue weighted by molar-refractivity contribution is -0.137. The fraction of sp³-hybridized carbons (Fsp3) is 0.520. The van der Waals surface area contributed by atoms with Gasteiger partial charge in [0.25, 0.3) is 5.56 Å². The zero-order chi connectivity index (χ0) is 27.4. The average Bonchev–Trinajstić information content (AvgIpc) is 3.51. The van der Waals surface area contributed by atoms with E-state index >= 15 is 0 Å². The second kappa shape index (κ2) is 9.79. The number of morpholine rings is 1. The molecule has 0 unspecified atom stereocenters. The van der Waals surface area contributed by atoms with Crippen molar-refractivity contribution >= 4 is 34.9 Å². The topological polar surface area (TPSA) is 106 Å². The SMILES string of the molecule is O=C(Cn1c2c(c(=O)n3nc(N4CCOCC4)nc13)C1(CCNCC1)CC2)Nc1ccc(C(F)(F)F)cc1Cl. The Morgan fingerprint density at radius 1 is 1.18 bits per heavy atom. The van der Waals surface area contributed by atoms with Crippen LogP contribution in [0.3, 0.4) is 0 Å². The van der Waals surface area contributed by atoms with E-state index in [0.29, 0.717) is 44.2 Å². The fourth-order valence-electron chi connectivity index (χ4n) is 5.96. The van der Waals surface area contributed by atoms with Gasteiger partial charge in [-0.05, 0) is 57.0 Å². The number of piperidine rings is 1. The van der Waals surface area contributed by atoms with Crippen LogP contribution in [0.25, 0.3) is 5.78 Å². The van der Waals surface area contributed by atoms with E-state index in [4.69, 9.17) is 16.3 Å². The van der Waals surface area contributed by atoms with Crippen LogP contribution in [0.5, 0.6) is 0 Å². The second-order valence-electron chi connectivity index (χ2n) is 10.2. The minimum Gasteiger partial charge on any atom is -0.378 e. The average molecular weight is 566 g/mol. The predicted molar refractivity (Wildman–Crippen MR) is 137 cm³/mol. The summed E-state index contributed by atoms with van der Waals surface area (Å²) in [5, 5.41) is 10.3. The molecule has 0 radical (unpaired) electrons. The van der Waals surface area contributed by atoms with Gasteiger partial charge >= 0.3 is 6.18 Å². The number of ether oxygens (including phenoxy) is 1. The Bertz CT molecular complexity index is 1490. The van der Waals surface area contributed by atoms with E-state index in [9.17, 15) is 22.8 Å². The maximum absolute atomic E-state index is 13.9. The molecule has 2 fully saturated rings. The van der Waals surface area contributed by atoms with Gasteiger partial charge in [0.05, 0.1) is 29.5 Å². The summed E-state index contributed by atoms with van der Waals surface area (Å²) in [4.78, 5) is 33.7. The lowest BCUT2D eigenvalue weighted by Gasteiger charge is -2.34. The molecule has 2 aliphatic heterocycles. The molecule has 1 aliphatic carbocycles. The van der Waals surface area contributed by atoms with Crippen LogP contribution >= 0.6 is 11.6 Å². The summed E-state index contributed by atoms with van der Waals surface area (Å²) in [5.41, 5.74) is 0.0740. The molecule has 1 spiro atoms. The second-order valence-corrected chi connectivity index (χ2v) is 10.6. The van der Waals surface area contributed by atoms with Crippen molar-refractivity contribution in [2.75, 3.05) is 49.6 Å². The number of carbonyl (C=O) groups is 1. The van der Waals surface area contributed by atoms with Crippen molar-refractivity contribution in [1.29, 1.82) is 0 Å². The molecule has 2 saturated heterocycles. The number of nitrogens with zero attached hydrogens (tertiary/aromatic N) is 5. The zero-order valence-electron chi connectivity index (χ0n) is 21.0. The van der Waals surface area contributed by atoms with E-state index in [0.717, 1.165) is 56.2 Å². The van der Waals surface area contributed by atoms with Gasteiger partial charge in [0, 0.05) is 29.8 Å². The van der Waals surface area contributed by atoms with Crippen molar-refractivity contribution in [2.45, 2.75) is 43.8 Å². The molecule has 6 rings (SSSR count). The Balaban J connectivity index is 1.40. The number of halogens is 4. The van der Waals surface area contributed by atoms with Crippen LogP contribution in [0, 0.1) is 0 Å². The lowest BCUT2D eigenvalue weighted by atomic mass is 9.75. The molecule has 1 aromatic carbocycles. The summed E-state index contributed by atoms with van der Waals surface area (Å²) in [6.45, 7) is 3.56. The number of nitrogens with one attached hydrogen (secondary N) is 2. The van der Waals surface area contributed by atoms with E-state index in [2.05, 4.69) is 20.7 Å². The highest BCUT2D eigenvalue weighted by molar-refractivity contribution is 6.33. The monoisotopic (exact) mass is 565 g/mol. The minimum atomic E-state index is -4.55. The van der Waals surface area contributed by atoms with E-state index in [-0.39, 0.29) is 34.0 Å². The third kappa shape index (κ3) is 4.66. The van der Waals surface area contributed by atoms with Gasteiger partial charge < -0.3 is 24.8 Å². The summed E-state index contributed by atoms with van der Waals surface area (Å²) in [6, 6.07) is 2.78. The van der Waals surface area contributed by atoms with Gasteiger partial charge in [-0.25, -0.2) is 0 Å². The Hall–Kier alpha value is -3.16. The van der Waals surface area contributed by atoms with Gasteiger partial charge in [-0.3, -0.25) is 9.59 Å². The van der Waals surface area contributed by atoms with Crippen molar-refractivity contribution in [1.82, 2.24) is 24.5 Å². The first kappa shape index (κ1) is 26.1. The van der Waals surface area contributed by atoms with Gasteiger partial charge in [-0.1, -0.05) is 11.6 Å². The van der Waals surface area contributed by atoms with Crippen LogP contribution in [0.15, 0.2) is 23.0 Å². The minimum absolute atomic E-state index is 0.0636. The Labute approximate surface area is 226 Å². The molecule has 2 aromatic heterocycles. The van der Waals surface area contributed by atoms with Gasteiger partial charge in [0.1, 0.15) is 6.54 Å². The third-order valence-electron chi connectivity index (χ3n) is 7.94. The standard InChI is InChI=1S/C25H27ClF3N7O3/c26-16-13-15(25(27,28)29)1-2-17(16)31-19(37)14-35-18-3-4-24(5-7-30-8-6-24)20(18)21(38)36-23(35)32-22(33-36)34-9-11-39-12-10-34/h1-2,13,30H,3-12,14H2,(H,31,37). The normalized spacial score (nSPS) is 19.0. The molecule has 3 aliphatic rings. The highest BCUT2D eigenvalue weighted by Crippen LogP contribution is 2.43. The van der Waals surface area contributed by atoms with Crippen LogP contribution in [0.2, 0.25) is 5.02 Å². The summed E-state index contributed by atoms with van der Waals surface area (Å²) in [7, 11) is 0. The number of alkyl halides is 3. The summed E-state index contributed by atoms with van der Waals surface area (Å²) in [6.07, 6.45) is -1.55. The maximum atomic E-state index is 13.9. The van der Waals surface area contributed by atoms with E-state index < -0.39 is 17.6 Å². The van der Waals surface area contributed by atoms with E-state index in [1.807, 2.05) is 4.90 Å². The third-order valence-corrected chi connectivity index (χ3v) is 8.25. The largest absolute Gasteiger partial charge is 0.416 e. The Kier molecular flexibility index (Phi) is 6.55. The number of amides is 1. The smallest absolute Gasteiger partial charge is 0.378 e. The molecule has 4 heterocycles. The first-order valence-corrected chi connectivity index (χ1v) is 13.3. The van der Waals surface area contributed by atoms with Gasteiger partial charge in [0.2, 0.25) is 17.6 Å². The Morgan fingerprint density at radius 3 is 2.62 bits per heavy atom. The quantitative estimate of drug-likeness (QED) is 0.501. The first-order valence-electron chi connectivity index (χ1n) is 12.9. The molecular weight excluding hydrogens is 539 g/mol. The molecule has 208 valence electrons. The molecule has 0 bridgehead atoms. The predicted octanol–water partition coefficient (Wildman–Crippen LogP) is 2.61. The van der Waals surface area contributed by atoms with Crippen LogP contribution in [-0.4, -0.2) is 64.5 Å². The van der Waals surface area contributed by atoms with Gasteiger partial charge in [-0.2, -0.15) is 22.7 Å². The molecule has 14 heteroatoms. The molecule has 39 heavy (non-hydrogen) atoms. The number of aromatic nitrogens is 4. The lowest BCUT2D eigenvalue weighted by Crippen LogP contribution is -2.42. The first-order chi connectivity index (χ1) is 18.7. The van der Waals surface area contributed by atoms with Crippen LogP contribution in [0.1, 0.15) is 36.1 Å². The molecule has 3 aromatic rings. The molecule has 10 nitrogen and oxygen atoms in total.